The lowest BCUT2D eigenvalue weighted by atomic mass is 10.3. The Bertz CT molecular complexity index is 632. The van der Waals surface area contributed by atoms with E-state index in [0.29, 0.717) is 5.75 Å². The highest BCUT2D eigenvalue weighted by Gasteiger charge is 2.24. The van der Waals surface area contributed by atoms with E-state index in [4.69, 9.17) is 39.5 Å². The zero-order valence-corrected chi connectivity index (χ0v) is 11.5. The molecule has 2 rings (SSSR count). The van der Waals surface area contributed by atoms with Crippen molar-refractivity contribution < 1.29 is 9.66 Å². The lowest BCUT2D eigenvalue weighted by Gasteiger charge is -2.10. The number of halogens is 3. The fourth-order valence-corrected chi connectivity index (χ4v) is 2.03. The van der Waals surface area contributed by atoms with Gasteiger partial charge in [-0.3, -0.25) is 10.1 Å². The van der Waals surface area contributed by atoms with Crippen LogP contribution in [0.25, 0.3) is 0 Å². The third-order valence-corrected chi connectivity index (χ3v) is 3.50. The van der Waals surface area contributed by atoms with Crippen molar-refractivity contribution in [1.29, 1.82) is 0 Å². The van der Waals surface area contributed by atoms with Gasteiger partial charge in [0.1, 0.15) is 10.8 Å². The minimum atomic E-state index is -0.633. The van der Waals surface area contributed by atoms with Crippen molar-refractivity contribution in [3.05, 3.63) is 61.6 Å². The van der Waals surface area contributed by atoms with Gasteiger partial charge < -0.3 is 4.74 Å². The zero-order valence-electron chi connectivity index (χ0n) is 9.27. The molecule has 0 N–H and O–H groups in total. The van der Waals surface area contributed by atoms with Crippen molar-refractivity contribution in [2.45, 2.75) is 0 Å². The molecule has 0 spiro atoms. The number of nitrogens with zero attached hydrogens (tertiary/aromatic N) is 1. The Hall–Kier alpha value is -1.49. The van der Waals surface area contributed by atoms with Crippen LogP contribution in [0, 0.1) is 10.1 Å². The normalized spacial score (nSPS) is 10.3. The Morgan fingerprint density at radius 3 is 2.26 bits per heavy atom. The van der Waals surface area contributed by atoms with E-state index in [1.54, 1.807) is 30.3 Å². The van der Waals surface area contributed by atoms with Crippen LogP contribution < -0.4 is 4.74 Å². The van der Waals surface area contributed by atoms with Crippen molar-refractivity contribution in [1.82, 2.24) is 0 Å². The second-order valence-corrected chi connectivity index (χ2v) is 4.67. The number of hydrogen-bond acceptors (Lipinski definition) is 3. The SMILES string of the molecule is O=[N+]([O-])c1cc(Cl)c(Cl)c(Cl)c1Oc1ccccc1. The summed E-state index contributed by atoms with van der Waals surface area (Å²) in [5.41, 5.74) is -0.344. The van der Waals surface area contributed by atoms with E-state index in [0.717, 1.165) is 6.07 Å². The van der Waals surface area contributed by atoms with E-state index < -0.39 is 4.92 Å². The van der Waals surface area contributed by atoms with E-state index in [-0.39, 0.29) is 26.5 Å². The smallest absolute Gasteiger partial charge is 0.314 e. The highest BCUT2D eigenvalue weighted by molar-refractivity contribution is 6.49. The van der Waals surface area contributed by atoms with Crippen molar-refractivity contribution in [2.75, 3.05) is 0 Å². The van der Waals surface area contributed by atoms with E-state index in [1.807, 2.05) is 0 Å². The van der Waals surface area contributed by atoms with Crippen LogP contribution in [-0.4, -0.2) is 4.92 Å². The van der Waals surface area contributed by atoms with Crippen LogP contribution in [-0.2, 0) is 0 Å². The first-order valence-corrected chi connectivity index (χ1v) is 6.19. The Balaban J connectivity index is 2.55. The van der Waals surface area contributed by atoms with E-state index in [2.05, 4.69) is 0 Å². The minimum absolute atomic E-state index is 0.00113. The number of nitro benzene ring substituents is 1. The molecule has 0 amide bonds. The number of para-hydroxylation sites is 1. The van der Waals surface area contributed by atoms with Crippen molar-refractivity contribution in [3.63, 3.8) is 0 Å². The van der Waals surface area contributed by atoms with Gasteiger partial charge in [0.05, 0.1) is 15.0 Å². The summed E-state index contributed by atoms with van der Waals surface area (Å²) in [6, 6.07) is 9.64. The molecule has 0 bridgehead atoms. The quantitative estimate of drug-likeness (QED) is 0.435. The Morgan fingerprint density at radius 1 is 1.05 bits per heavy atom. The molecule has 0 saturated heterocycles. The summed E-state index contributed by atoms with van der Waals surface area (Å²) in [6.07, 6.45) is 0. The highest BCUT2D eigenvalue weighted by atomic mass is 35.5. The summed E-state index contributed by atoms with van der Waals surface area (Å²) in [4.78, 5) is 10.4. The molecule has 4 nitrogen and oxygen atoms in total. The first kappa shape index (κ1) is 13.9. The molecule has 7 heteroatoms. The van der Waals surface area contributed by atoms with Crippen LogP contribution in [0.1, 0.15) is 0 Å². The van der Waals surface area contributed by atoms with Gasteiger partial charge in [0.25, 0.3) is 0 Å². The second-order valence-electron chi connectivity index (χ2n) is 3.51. The summed E-state index contributed by atoms with van der Waals surface area (Å²) in [5.74, 6) is 0.276. The van der Waals surface area contributed by atoms with Crippen LogP contribution in [0.2, 0.25) is 15.1 Å². The summed E-state index contributed by atoms with van der Waals surface area (Å²) < 4.78 is 5.42. The van der Waals surface area contributed by atoms with Gasteiger partial charge in [0.15, 0.2) is 0 Å². The lowest BCUT2D eigenvalue weighted by molar-refractivity contribution is -0.385. The van der Waals surface area contributed by atoms with Crippen LogP contribution in [0.5, 0.6) is 11.5 Å². The van der Waals surface area contributed by atoms with Crippen molar-refractivity contribution in [2.24, 2.45) is 0 Å². The van der Waals surface area contributed by atoms with Gasteiger partial charge >= 0.3 is 5.69 Å². The first-order chi connectivity index (χ1) is 9.00. The third-order valence-electron chi connectivity index (χ3n) is 2.26. The molecule has 0 aliphatic rings. The molecule has 98 valence electrons. The number of rotatable bonds is 3. The lowest BCUT2D eigenvalue weighted by Crippen LogP contribution is -1.95. The molecule has 0 aliphatic heterocycles. The molecule has 0 saturated carbocycles. The number of ether oxygens (including phenoxy) is 1. The van der Waals surface area contributed by atoms with Gasteiger partial charge in [-0.2, -0.15) is 0 Å². The molecule has 0 aliphatic carbocycles. The molecular formula is C12H6Cl3NO3. The van der Waals surface area contributed by atoms with Gasteiger partial charge in [-0.25, -0.2) is 0 Å². The Labute approximate surface area is 123 Å². The Kier molecular flexibility index (Phi) is 4.14. The maximum Gasteiger partial charge on any atom is 0.314 e. The molecule has 0 unspecified atom stereocenters. The number of nitro groups is 1. The van der Waals surface area contributed by atoms with Gasteiger partial charge in [0.2, 0.25) is 5.75 Å². The first-order valence-electron chi connectivity index (χ1n) is 5.05. The minimum Gasteiger partial charge on any atom is -0.448 e. The molecule has 0 radical (unpaired) electrons. The average Bonchev–Trinajstić information content (AvgIpc) is 2.40. The molecule has 2 aromatic carbocycles. The van der Waals surface area contributed by atoms with Crippen LogP contribution in [0.3, 0.4) is 0 Å². The number of hydrogen-bond donors (Lipinski definition) is 0. The standard InChI is InChI=1S/C12H6Cl3NO3/c13-8-6-9(16(17)18)12(11(15)10(8)14)19-7-4-2-1-3-5-7/h1-6H. The molecule has 0 atom stereocenters. The monoisotopic (exact) mass is 317 g/mol. The average molecular weight is 319 g/mol. The predicted molar refractivity (Wildman–Crippen MR) is 74.6 cm³/mol. The Morgan fingerprint density at radius 2 is 1.68 bits per heavy atom. The third kappa shape index (κ3) is 2.92. The molecule has 2 aromatic rings. The molecule has 0 fully saturated rings. The van der Waals surface area contributed by atoms with E-state index in [1.165, 1.54) is 0 Å². The van der Waals surface area contributed by atoms with Crippen molar-refractivity contribution in [3.8, 4) is 11.5 Å². The molecule has 0 aromatic heterocycles. The van der Waals surface area contributed by atoms with Crippen LogP contribution in [0.15, 0.2) is 36.4 Å². The zero-order chi connectivity index (χ0) is 14.0. The maximum atomic E-state index is 11.0. The van der Waals surface area contributed by atoms with Crippen molar-refractivity contribution >= 4 is 40.5 Å². The summed E-state index contributed by atoms with van der Waals surface area (Å²) in [7, 11) is 0. The number of benzene rings is 2. The highest BCUT2D eigenvalue weighted by Crippen LogP contribution is 2.45. The van der Waals surface area contributed by atoms with E-state index >= 15 is 0 Å². The fourth-order valence-electron chi connectivity index (χ4n) is 1.40. The molecular weight excluding hydrogens is 312 g/mol. The van der Waals surface area contributed by atoms with Gasteiger partial charge in [0, 0.05) is 6.07 Å². The van der Waals surface area contributed by atoms with Gasteiger partial charge in [-0.1, -0.05) is 53.0 Å². The van der Waals surface area contributed by atoms with Crippen LogP contribution >= 0.6 is 34.8 Å². The largest absolute Gasteiger partial charge is 0.448 e. The molecule has 19 heavy (non-hydrogen) atoms. The van der Waals surface area contributed by atoms with E-state index in [9.17, 15) is 10.1 Å². The van der Waals surface area contributed by atoms with Gasteiger partial charge in [-0.15, -0.1) is 0 Å². The molecule has 0 heterocycles. The van der Waals surface area contributed by atoms with Crippen LogP contribution in [0.4, 0.5) is 5.69 Å². The maximum absolute atomic E-state index is 11.0. The van der Waals surface area contributed by atoms with Gasteiger partial charge in [-0.05, 0) is 12.1 Å². The fraction of sp³-hybridized carbons (Fsp3) is 0. The predicted octanol–water partition coefficient (Wildman–Crippen LogP) is 5.35. The summed E-state index contributed by atoms with van der Waals surface area (Å²) >= 11 is 17.6. The topological polar surface area (TPSA) is 52.4 Å². The second kappa shape index (κ2) is 5.65. The summed E-state index contributed by atoms with van der Waals surface area (Å²) in [6.45, 7) is 0. The summed E-state index contributed by atoms with van der Waals surface area (Å²) in [5, 5.41) is 10.9.